The Labute approximate surface area is 203 Å². The number of ether oxygens (including phenoxy) is 1. The van der Waals surface area contributed by atoms with Gasteiger partial charge in [0.25, 0.3) is 0 Å². The second-order valence-electron chi connectivity index (χ2n) is 8.28. The van der Waals surface area contributed by atoms with Gasteiger partial charge in [-0.3, -0.25) is 4.90 Å². The molecule has 0 bridgehead atoms. The van der Waals surface area contributed by atoms with E-state index in [1.165, 1.54) is 0 Å². The Morgan fingerprint density at radius 1 is 1.12 bits per heavy atom. The average Bonchev–Trinajstić information content (AvgIpc) is 2.81. The number of halogens is 1. The monoisotopic (exact) mass is 482 g/mol. The fourth-order valence-electron chi connectivity index (χ4n) is 3.80. The van der Waals surface area contributed by atoms with Crippen LogP contribution in [0.2, 0.25) is 5.02 Å². The molecular formula is C26H27ClN2O3S. The highest BCUT2D eigenvalue weighted by atomic mass is 35.5. The van der Waals surface area contributed by atoms with Gasteiger partial charge in [-0.2, -0.15) is 0 Å². The number of carboxylic acids is 1. The first-order valence-corrected chi connectivity index (χ1v) is 12.0. The van der Waals surface area contributed by atoms with Gasteiger partial charge in [-0.15, -0.1) is 0 Å². The molecule has 4 rings (SSSR count). The molecule has 172 valence electrons. The van der Waals surface area contributed by atoms with E-state index in [9.17, 15) is 9.90 Å². The molecule has 1 aliphatic rings. The normalized spacial score (nSPS) is 16.5. The number of anilines is 1. The third-order valence-electron chi connectivity index (χ3n) is 5.72. The number of hydrogen-bond acceptors (Lipinski definition) is 5. The molecule has 0 aromatic heterocycles. The number of nitrogens with one attached hydrogen (secondary N) is 1. The van der Waals surface area contributed by atoms with Crippen molar-refractivity contribution in [2.75, 3.05) is 24.4 Å². The largest absolute Gasteiger partial charge is 0.479 e. The molecular weight excluding hydrogens is 456 g/mol. The Morgan fingerprint density at radius 2 is 1.91 bits per heavy atom. The molecule has 5 nitrogen and oxygen atoms in total. The molecule has 1 fully saturated rings. The van der Waals surface area contributed by atoms with E-state index in [-0.39, 0.29) is 0 Å². The number of rotatable bonds is 7. The van der Waals surface area contributed by atoms with Gasteiger partial charge in [0.2, 0.25) is 0 Å². The number of hydrogen-bond donors (Lipinski definition) is 2. The van der Waals surface area contributed by atoms with Gasteiger partial charge in [0.15, 0.2) is 6.10 Å². The molecule has 7 heteroatoms. The molecule has 0 amide bonds. The van der Waals surface area contributed by atoms with E-state index >= 15 is 0 Å². The van der Waals surface area contributed by atoms with Gasteiger partial charge in [-0.1, -0.05) is 48.0 Å². The van der Waals surface area contributed by atoms with E-state index in [1.54, 1.807) is 11.9 Å². The van der Waals surface area contributed by atoms with Gasteiger partial charge < -0.3 is 14.6 Å². The summed E-state index contributed by atoms with van der Waals surface area (Å²) >= 11 is 7.80. The van der Waals surface area contributed by atoms with E-state index in [4.69, 9.17) is 16.3 Å². The smallest absolute Gasteiger partial charge is 0.334 e. The number of carbonyl (C=O) groups is 1. The third-order valence-corrected chi connectivity index (χ3v) is 7.12. The van der Waals surface area contributed by atoms with Crippen LogP contribution < -0.4 is 4.72 Å². The van der Waals surface area contributed by atoms with Crippen molar-refractivity contribution in [1.82, 2.24) is 4.90 Å². The number of carboxylic acid groups (broad SMARTS) is 1. The molecule has 0 spiro atoms. The first-order chi connectivity index (χ1) is 15.9. The number of nitrogens with zero attached hydrogens (tertiary/aromatic N) is 1. The quantitative estimate of drug-likeness (QED) is 0.401. The fourth-order valence-corrected chi connectivity index (χ4v) is 4.83. The Kier molecular flexibility index (Phi) is 7.60. The van der Waals surface area contributed by atoms with Crippen LogP contribution >= 0.6 is 23.5 Å². The van der Waals surface area contributed by atoms with Crippen LogP contribution in [0.4, 0.5) is 5.69 Å². The van der Waals surface area contributed by atoms with E-state index in [2.05, 4.69) is 65.1 Å². The van der Waals surface area contributed by atoms with Gasteiger partial charge in [0, 0.05) is 35.2 Å². The Balaban J connectivity index is 1.40. The van der Waals surface area contributed by atoms with Gasteiger partial charge in [-0.25, -0.2) is 4.79 Å². The van der Waals surface area contributed by atoms with Crippen molar-refractivity contribution >= 4 is 35.2 Å². The molecule has 1 unspecified atom stereocenters. The fraction of sp³-hybridized carbons (Fsp3) is 0.269. The van der Waals surface area contributed by atoms with Crippen molar-refractivity contribution in [3.8, 4) is 11.1 Å². The first-order valence-electron chi connectivity index (χ1n) is 10.8. The topological polar surface area (TPSA) is 61.8 Å². The molecule has 0 aliphatic carbocycles. The van der Waals surface area contributed by atoms with Crippen molar-refractivity contribution in [2.45, 2.75) is 31.4 Å². The molecule has 3 aromatic carbocycles. The van der Waals surface area contributed by atoms with Crippen LogP contribution in [0.15, 0.2) is 65.6 Å². The predicted molar refractivity (Wildman–Crippen MR) is 135 cm³/mol. The highest BCUT2D eigenvalue weighted by molar-refractivity contribution is 8.00. The summed E-state index contributed by atoms with van der Waals surface area (Å²) in [4.78, 5) is 14.5. The molecule has 3 aromatic rings. The Hall–Kier alpha value is -2.51. The molecule has 0 radical (unpaired) electrons. The van der Waals surface area contributed by atoms with Crippen molar-refractivity contribution in [2.24, 2.45) is 0 Å². The van der Waals surface area contributed by atoms with Gasteiger partial charge in [0.1, 0.15) is 0 Å². The summed E-state index contributed by atoms with van der Waals surface area (Å²) in [5, 5.41) is 9.97. The van der Waals surface area contributed by atoms with Crippen molar-refractivity contribution in [3.63, 3.8) is 0 Å². The predicted octanol–water partition coefficient (Wildman–Crippen LogP) is 6.03. The van der Waals surface area contributed by atoms with Crippen LogP contribution in [-0.2, 0) is 16.1 Å². The average molecular weight is 483 g/mol. The van der Waals surface area contributed by atoms with Crippen LogP contribution in [0.25, 0.3) is 11.1 Å². The Morgan fingerprint density at radius 3 is 2.67 bits per heavy atom. The van der Waals surface area contributed by atoms with E-state index in [0.717, 1.165) is 50.0 Å². The van der Waals surface area contributed by atoms with E-state index in [0.29, 0.717) is 19.7 Å². The lowest BCUT2D eigenvalue weighted by Gasteiger charge is -2.30. The van der Waals surface area contributed by atoms with Gasteiger partial charge in [-0.05, 0) is 77.9 Å². The second kappa shape index (κ2) is 10.6. The lowest BCUT2D eigenvalue weighted by Crippen LogP contribution is -2.45. The zero-order valence-corrected chi connectivity index (χ0v) is 20.2. The number of aryl methyl sites for hydroxylation is 2. The third kappa shape index (κ3) is 6.09. The summed E-state index contributed by atoms with van der Waals surface area (Å²) in [6, 6.07) is 20.9. The summed E-state index contributed by atoms with van der Waals surface area (Å²) in [6.07, 6.45) is -0.744. The highest BCUT2D eigenvalue weighted by Gasteiger charge is 2.26. The van der Waals surface area contributed by atoms with Crippen LogP contribution in [0, 0.1) is 13.8 Å². The first kappa shape index (κ1) is 23.6. The molecule has 0 saturated carbocycles. The second-order valence-corrected chi connectivity index (χ2v) is 9.54. The standard InChI is InChI=1S/C26H27ClN2O3S/c1-17-13-25(18(2)12-23(17)27)33-28-22-5-3-4-21(14-22)20-8-6-19(7-9-20)15-29-10-11-32-24(16-29)26(30)31/h3-9,12-14,24,28H,10-11,15-16H2,1-2H3,(H,30,31). The maximum atomic E-state index is 11.2. The number of aliphatic carboxylic acids is 1. The van der Waals surface area contributed by atoms with Crippen molar-refractivity contribution in [3.05, 3.63) is 82.4 Å². The summed E-state index contributed by atoms with van der Waals surface area (Å²) in [5.74, 6) is -0.900. The highest BCUT2D eigenvalue weighted by Crippen LogP contribution is 2.30. The van der Waals surface area contributed by atoms with Crippen LogP contribution in [0.1, 0.15) is 16.7 Å². The van der Waals surface area contributed by atoms with Gasteiger partial charge in [0.05, 0.1) is 6.61 Å². The molecule has 33 heavy (non-hydrogen) atoms. The SMILES string of the molecule is Cc1cc(SNc2cccc(-c3ccc(CN4CCOC(C(=O)O)C4)cc3)c2)c(C)cc1Cl. The zero-order chi connectivity index (χ0) is 23.4. The summed E-state index contributed by atoms with van der Waals surface area (Å²) < 4.78 is 8.75. The summed E-state index contributed by atoms with van der Waals surface area (Å²) in [5.41, 5.74) is 6.66. The molecule has 2 N–H and O–H groups in total. The van der Waals surface area contributed by atoms with Crippen LogP contribution in [0.5, 0.6) is 0 Å². The maximum Gasteiger partial charge on any atom is 0.334 e. The molecule has 1 saturated heterocycles. The minimum Gasteiger partial charge on any atom is -0.479 e. The molecule has 1 heterocycles. The van der Waals surface area contributed by atoms with Crippen LogP contribution in [0.3, 0.4) is 0 Å². The maximum absolute atomic E-state index is 11.2. The summed E-state index contributed by atoms with van der Waals surface area (Å²) in [6.45, 7) is 6.39. The minimum atomic E-state index is -0.900. The zero-order valence-electron chi connectivity index (χ0n) is 18.7. The minimum absolute atomic E-state index is 0.412. The van der Waals surface area contributed by atoms with Crippen LogP contribution in [-0.4, -0.2) is 41.8 Å². The van der Waals surface area contributed by atoms with E-state index in [1.807, 2.05) is 19.1 Å². The van der Waals surface area contributed by atoms with Crippen molar-refractivity contribution < 1.29 is 14.6 Å². The number of morpholine rings is 1. The van der Waals surface area contributed by atoms with E-state index < -0.39 is 12.1 Å². The molecule has 1 aliphatic heterocycles. The summed E-state index contributed by atoms with van der Waals surface area (Å²) in [7, 11) is 0. The Bertz CT molecular complexity index is 1140. The lowest BCUT2D eigenvalue weighted by atomic mass is 10.0. The van der Waals surface area contributed by atoms with Gasteiger partial charge >= 0.3 is 5.97 Å². The van der Waals surface area contributed by atoms with Crippen molar-refractivity contribution in [1.29, 1.82) is 0 Å². The molecule has 1 atom stereocenters. The number of benzene rings is 3. The lowest BCUT2D eigenvalue weighted by molar-refractivity contribution is -0.156.